The van der Waals surface area contributed by atoms with Crippen LogP contribution in [0.5, 0.6) is 0 Å². The summed E-state index contributed by atoms with van der Waals surface area (Å²) >= 11 is 1.80. The molecule has 158 valence electrons. The average Bonchev–Trinajstić information content (AvgIpc) is 3.22. The largest absolute Gasteiger partial charge is 0.379 e. The number of thiazole rings is 1. The number of aliphatic imine (C=N–C) groups is 1. The number of benzene rings is 1. The van der Waals surface area contributed by atoms with Gasteiger partial charge >= 0.3 is 0 Å². The van der Waals surface area contributed by atoms with Crippen molar-refractivity contribution in [2.75, 3.05) is 39.4 Å². The van der Waals surface area contributed by atoms with E-state index in [1.54, 1.807) is 11.3 Å². The summed E-state index contributed by atoms with van der Waals surface area (Å²) in [4.78, 5) is 13.1. The summed E-state index contributed by atoms with van der Waals surface area (Å²) in [5.74, 6) is 0.862. The first kappa shape index (κ1) is 21.7. The maximum Gasteiger partial charge on any atom is 0.191 e. The fourth-order valence-electron chi connectivity index (χ4n) is 3.29. The Hall–Kier alpha value is -1.96. The van der Waals surface area contributed by atoms with Crippen LogP contribution in [0.3, 0.4) is 0 Å². The molecule has 0 aliphatic carbocycles. The van der Waals surface area contributed by atoms with E-state index in [-0.39, 0.29) is 0 Å². The van der Waals surface area contributed by atoms with E-state index < -0.39 is 0 Å². The van der Waals surface area contributed by atoms with Gasteiger partial charge in [0.15, 0.2) is 5.96 Å². The molecule has 29 heavy (non-hydrogen) atoms. The van der Waals surface area contributed by atoms with Crippen LogP contribution in [-0.2, 0) is 30.7 Å². The predicted molar refractivity (Wildman–Crippen MR) is 121 cm³/mol. The minimum absolute atomic E-state index is 0.674. The topological polar surface area (TPSA) is 61.8 Å². The lowest BCUT2D eigenvalue weighted by atomic mass is 10.1. The zero-order valence-electron chi connectivity index (χ0n) is 17.6. The number of hydrogen-bond donors (Lipinski definition) is 2. The lowest BCUT2D eigenvalue weighted by molar-refractivity contribution is 0.0341. The molecule has 1 fully saturated rings. The highest BCUT2D eigenvalue weighted by molar-refractivity contribution is 7.11. The fraction of sp³-hybridized carbons (Fsp3) is 0.545. The molecule has 0 bridgehead atoms. The Bertz CT molecular complexity index is 770. The third kappa shape index (κ3) is 7.10. The molecule has 6 nitrogen and oxygen atoms in total. The van der Waals surface area contributed by atoms with Gasteiger partial charge in [-0.05, 0) is 24.5 Å². The van der Waals surface area contributed by atoms with Gasteiger partial charge in [-0.15, -0.1) is 11.3 Å². The number of morpholine rings is 1. The molecule has 1 aliphatic rings. The summed E-state index contributed by atoms with van der Waals surface area (Å²) < 4.78 is 5.47. The predicted octanol–water partition coefficient (Wildman–Crippen LogP) is 2.84. The minimum Gasteiger partial charge on any atom is -0.379 e. The van der Waals surface area contributed by atoms with Crippen molar-refractivity contribution in [3.05, 3.63) is 51.5 Å². The molecule has 1 aromatic heterocycles. The summed E-state index contributed by atoms with van der Waals surface area (Å²) in [6.45, 7) is 11.2. The second-order valence-corrected chi connectivity index (χ2v) is 8.30. The third-order valence-electron chi connectivity index (χ3n) is 4.95. The van der Waals surface area contributed by atoms with Gasteiger partial charge in [0.1, 0.15) is 0 Å². The van der Waals surface area contributed by atoms with Gasteiger partial charge in [-0.3, -0.25) is 4.90 Å². The summed E-state index contributed by atoms with van der Waals surface area (Å²) in [7, 11) is 0. The molecule has 0 atom stereocenters. The Morgan fingerprint density at radius 2 is 1.97 bits per heavy atom. The number of nitrogens with one attached hydrogen (secondary N) is 2. The van der Waals surface area contributed by atoms with Gasteiger partial charge in [0.25, 0.3) is 0 Å². The van der Waals surface area contributed by atoms with Crippen LogP contribution in [-0.4, -0.2) is 55.2 Å². The molecule has 1 aromatic carbocycles. The Kier molecular flexibility index (Phi) is 8.92. The number of rotatable bonds is 9. The zero-order chi connectivity index (χ0) is 20.3. The van der Waals surface area contributed by atoms with Crippen molar-refractivity contribution in [1.82, 2.24) is 20.5 Å². The van der Waals surface area contributed by atoms with E-state index >= 15 is 0 Å². The molecule has 2 aromatic rings. The van der Waals surface area contributed by atoms with Crippen LogP contribution in [0.4, 0.5) is 0 Å². The zero-order valence-corrected chi connectivity index (χ0v) is 18.4. The molecule has 3 rings (SSSR count). The van der Waals surface area contributed by atoms with Crippen molar-refractivity contribution < 1.29 is 4.74 Å². The maximum absolute atomic E-state index is 5.47. The second-order valence-electron chi connectivity index (χ2n) is 7.10. The van der Waals surface area contributed by atoms with Crippen molar-refractivity contribution in [3.8, 4) is 0 Å². The molecular weight excluding hydrogens is 382 g/mol. The molecule has 2 heterocycles. The van der Waals surface area contributed by atoms with E-state index in [0.29, 0.717) is 6.54 Å². The molecule has 0 radical (unpaired) electrons. The van der Waals surface area contributed by atoms with Crippen LogP contribution >= 0.6 is 11.3 Å². The van der Waals surface area contributed by atoms with Crippen LogP contribution in [0.1, 0.15) is 34.9 Å². The van der Waals surface area contributed by atoms with Gasteiger partial charge < -0.3 is 15.4 Å². The number of nitrogens with zero attached hydrogens (tertiary/aromatic N) is 3. The van der Waals surface area contributed by atoms with E-state index in [4.69, 9.17) is 9.73 Å². The smallest absolute Gasteiger partial charge is 0.191 e. The first-order valence-electron chi connectivity index (χ1n) is 10.6. The number of hydrogen-bond acceptors (Lipinski definition) is 5. The Morgan fingerprint density at radius 3 is 2.69 bits per heavy atom. The van der Waals surface area contributed by atoms with Crippen molar-refractivity contribution in [1.29, 1.82) is 0 Å². The highest BCUT2D eigenvalue weighted by atomic mass is 32.1. The first-order valence-corrected chi connectivity index (χ1v) is 11.4. The molecule has 0 amide bonds. The van der Waals surface area contributed by atoms with Crippen molar-refractivity contribution in [3.63, 3.8) is 0 Å². The van der Waals surface area contributed by atoms with Crippen LogP contribution < -0.4 is 10.6 Å². The Balaban J connectivity index is 1.56. The molecule has 1 aliphatic heterocycles. The van der Waals surface area contributed by atoms with E-state index in [2.05, 4.69) is 58.6 Å². The molecule has 7 heteroatoms. The lowest BCUT2D eigenvalue weighted by Crippen LogP contribution is -2.38. The first-order chi connectivity index (χ1) is 14.3. The van der Waals surface area contributed by atoms with Crippen molar-refractivity contribution in [2.45, 2.75) is 39.8 Å². The number of aromatic nitrogens is 1. The lowest BCUT2D eigenvalue weighted by Gasteiger charge is -2.27. The molecule has 0 saturated carbocycles. The summed E-state index contributed by atoms with van der Waals surface area (Å²) in [6.07, 6.45) is 3.96. The number of guanidine groups is 1. The monoisotopic (exact) mass is 415 g/mol. The molecule has 0 unspecified atom stereocenters. The maximum atomic E-state index is 5.47. The van der Waals surface area contributed by atoms with Gasteiger partial charge in [0.2, 0.25) is 0 Å². The molecule has 0 spiro atoms. The van der Waals surface area contributed by atoms with E-state index in [1.165, 1.54) is 21.0 Å². The Morgan fingerprint density at radius 1 is 1.17 bits per heavy atom. The molecule has 2 N–H and O–H groups in total. The third-order valence-corrected chi connectivity index (χ3v) is 6.15. The van der Waals surface area contributed by atoms with Crippen LogP contribution in [0.25, 0.3) is 0 Å². The van der Waals surface area contributed by atoms with Gasteiger partial charge in [0, 0.05) is 50.2 Å². The Labute approximate surface area is 178 Å². The summed E-state index contributed by atoms with van der Waals surface area (Å²) in [5, 5.41) is 7.98. The quantitative estimate of drug-likeness (QED) is 0.487. The molecule has 1 saturated heterocycles. The van der Waals surface area contributed by atoms with Crippen molar-refractivity contribution >= 4 is 17.3 Å². The van der Waals surface area contributed by atoms with Crippen molar-refractivity contribution in [2.24, 2.45) is 4.99 Å². The minimum atomic E-state index is 0.674. The highest BCUT2D eigenvalue weighted by Crippen LogP contribution is 2.15. The van der Waals surface area contributed by atoms with E-state index in [1.807, 2.05) is 6.20 Å². The van der Waals surface area contributed by atoms with Crippen LogP contribution in [0.2, 0.25) is 0 Å². The normalized spacial score (nSPS) is 15.4. The average molecular weight is 416 g/mol. The van der Waals surface area contributed by atoms with Crippen LogP contribution in [0, 0.1) is 0 Å². The van der Waals surface area contributed by atoms with Gasteiger partial charge in [-0.2, -0.15) is 0 Å². The second kappa shape index (κ2) is 11.9. The summed E-state index contributed by atoms with van der Waals surface area (Å²) in [6, 6.07) is 8.62. The molecular formula is C22H33N5OS. The fourth-order valence-corrected chi connectivity index (χ4v) is 4.15. The SMILES string of the molecule is CCNC(=NCc1ccccc1CN1CCOCC1)NCCc1ncc(CC)s1. The highest BCUT2D eigenvalue weighted by Gasteiger charge is 2.12. The van der Waals surface area contributed by atoms with E-state index in [0.717, 1.165) is 64.7 Å². The number of aryl methyl sites for hydroxylation is 1. The van der Waals surface area contributed by atoms with Gasteiger partial charge in [0.05, 0.1) is 24.8 Å². The standard InChI is InChI=1S/C22H33N5OS/c1-3-20-16-25-21(29-20)9-10-24-22(23-4-2)26-15-18-7-5-6-8-19(18)17-27-11-13-28-14-12-27/h5-8,16H,3-4,9-15,17H2,1-2H3,(H2,23,24,26). The van der Waals surface area contributed by atoms with Gasteiger partial charge in [-0.1, -0.05) is 31.2 Å². The van der Waals surface area contributed by atoms with Gasteiger partial charge in [-0.25, -0.2) is 9.98 Å². The number of ether oxygens (including phenoxy) is 1. The summed E-state index contributed by atoms with van der Waals surface area (Å²) in [5.41, 5.74) is 2.63. The van der Waals surface area contributed by atoms with Crippen LogP contribution in [0.15, 0.2) is 35.5 Å². The van der Waals surface area contributed by atoms with E-state index in [9.17, 15) is 0 Å².